The fourth-order valence-corrected chi connectivity index (χ4v) is 3.60. The SMILES string of the molecule is CC(C)(C)OC(=O)Nc1ccc(Oc2ccc(Nc3ccc(F)c4[nH]c(C(=O)O)cc34)cc2Cl)cc1. The summed E-state index contributed by atoms with van der Waals surface area (Å²) in [5, 5.41) is 15.7. The lowest BCUT2D eigenvalue weighted by Gasteiger charge is -2.19. The van der Waals surface area contributed by atoms with Crippen molar-refractivity contribution in [1.82, 2.24) is 4.98 Å². The van der Waals surface area contributed by atoms with E-state index in [1.165, 1.54) is 18.2 Å². The van der Waals surface area contributed by atoms with E-state index in [2.05, 4.69) is 15.6 Å². The van der Waals surface area contributed by atoms with Crippen molar-refractivity contribution in [3.05, 3.63) is 77.2 Å². The van der Waals surface area contributed by atoms with Crippen LogP contribution in [-0.4, -0.2) is 27.8 Å². The van der Waals surface area contributed by atoms with Crippen LogP contribution in [0.3, 0.4) is 0 Å². The number of aromatic carboxylic acids is 1. The molecule has 3 aromatic carbocycles. The smallest absolute Gasteiger partial charge is 0.412 e. The van der Waals surface area contributed by atoms with Crippen molar-refractivity contribution in [2.24, 2.45) is 0 Å². The Morgan fingerprint density at radius 2 is 1.69 bits per heavy atom. The predicted octanol–water partition coefficient (Wildman–Crippen LogP) is 7.54. The van der Waals surface area contributed by atoms with Gasteiger partial charge in [-0.2, -0.15) is 0 Å². The van der Waals surface area contributed by atoms with Crippen LogP contribution in [0.4, 0.5) is 26.2 Å². The largest absolute Gasteiger partial charge is 0.477 e. The predicted molar refractivity (Wildman–Crippen MR) is 136 cm³/mol. The van der Waals surface area contributed by atoms with Gasteiger partial charge >= 0.3 is 12.1 Å². The number of hydrogen-bond donors (Lipinski definition) is 4. The summed E-state index contributed by atoms with van der Waals surface area (Å²) >= 11 is 6.41. The highest BCUT2D eigenvalue weighted by Crippen LogP contribution is 2.35. The molecule has 0 aliphatic carbocycles. The van der Waals surface area contributed by atoms with Crippen LogP contribution in [0.5, 0.6) is 11.5 Å². The second kappa shape index (κ2) is 9.79. The molecule has 0 saturated heterocycles. The van der Waals surface area contributed by atoms with Gasteiger partial charge in [0.05, 0.1) is 10.5 Å². The molecule has 186 valence electrons. The van der Waals surface area contributed by atoms with E-state index in [0.29, 0.717) is 39.0 Å². The van der Waals surface area contributed by atoms with Gasteiger partial charge in [0.2, 0.25) is 0 Å². The van der Waals surface area contributed by atoms with E-state index >= 15 is 0 Å². The number of carbonyl (C=O) groups is 2. The minimum absolute atomic E-state index is 0.0908. The van der Waals surface area contributed by atoms with E-state index in [-0.39, 0.29) is 11.2 Å². The van der Waals surface area contributed by atoms with E-state index < -0.39 is 23.5 Å². The Kier molecular flexibility index (Phi) is 6.76. The number of benzene rings is 3. The number of nitrogens with one attached hydrogen (secondary N) is 3. The van der Waals surface area contributed by atoms with Gasteiger partial charge in [-0.25, -0.2) is 14.0 Å². The van der Waals surface area contributed by atoms with Crippen molar-refractivity contribution in [2.45, 2.75) is 26.4 Å². The summed E-state index contributed by atoms with van der Waals surface area (Å²) in [6.07, 6.45) is -0.556. The summed E-state index contributed by atoms with van der Waals surface area (Å²) < 4.78 is 25.2. The van der Waals surface area contributed by atoms with E-state index in [9.17, 15) is 19.1 Å². The van der Waals surface area contributed by atoms with Gasteiger partial charge in [0.1, 0.15) is 28.6 Å². The Morgan fingerprint density at radius 3 is 2.33 bits per heavy atom. The molecule has 0 unspecified atom stereocenters. The molecule has 4 N–H and O–H groups in total. The van der Waals surface area contributed by atoms with Gasteiger partial charge in [-0.3, -0.25) is 5.32 Å². The first-order valence-corrected chi connectivity index (χ1v) is 11.3. The summed E-state index contributed by atoms with van der Waals surface area (Å²) in [4.78, 5) is 25.7. The number of aromatic nitrogens is 1. The third-order valence-electron chi connectivity index (χ3n) is 4.91. The van der Waals surface area contributed by atoms with Crippen LogP contribution in [0.2, 0.25) is 5.02 Å². The van der Waals surface area contributed by atoms with E-state index in [0.717, 1.165) is 0 Å². The zero-order valence-corrected chi connectivity index (χ0v) is 20.4. The van der Waals surface area contributed by atoms with Crippen LogP contribution in [0.1, 0.15) is 31.3 Å². The number of fused-ring (bicyclic) bond motifs is 1. The summed E-state index contributed by atoms with van der Waals surface area (Å²) in [5.41, 5.74) is 1.02. The van der Waals surface area contributed by atoms with Gasteiger partial charge in [-0.15, -0.1) is 0 Å². The minimum Gasteiger partial charge on any atom is -0.477 e. The average molecular weight is 512 g/mol. The Balaban J connectivity index is 1.46. The van der Waals surface area contributed by atoms with Gasteiger partial charge in [-0.05, 0) is 81.4 Å². The summed E-state index contributed by atoms with van der Waals surface area (Å²) in [7, 11) is 0. The molecule has 36 heavy (non-hydrogen) atoms. The van der Waals surface area contributed by atoms with Gasteiger partial charge < -0.3 is 24.9 Å². The molecule has 0 atom stereocenters. The molecule has 0 radical (unpaired) electrons. The molecule has 8 nitrogen and oxygen atoms in total. The van der Waals surface area contributed by atoms with Crippen molar-refractivity contribution >= 4 is 51.6 Å². The molecule has 0 saturated carbocycles. The highest BCUT2D eigenvalue weighted by molar-refractivity contribution is 6.32. The number of anilines is 3. The summed E-state index contributed by atoms with van der Waals surface area (Å²) in [6, 6.07) is 15.8. The van der Waals surface area contributed by atoms with Gasteiger partial charge in [0.15, 0.2) is 0 Å². The molecular weight excluding hydrogens is 489 g/mol. The van der Waals surface area contributed by atoms with Crippen LogP contribution in [0.25, 0.3) is 10.9 Å². The second-order valence-corrected chi connectivity index (χ2v) is 9.30. The zero-order chi connectivity index (χ0) is 26.0. The number of halogens is 2. The van der Waals surface area contributed by atoms with Gasteiger partial charge in [0, 0.05) is 22.4 Å². The van der Waals surface area contributed by atoms with E-state index in [1.807, 2.05) is 0 Å². The van der Waals surface area contributed by atoms with Crippen molar-refractivity contribution < 1.29 is 28.6 Å². The molecule has 1 amide bonds. The number of carbonyl (C=O) groups excluding carboxylic acids is 1. The molecular formula is C26H23ClFN3O5. The monoisotopic (exact) mass is 511 g/mol. The average Bonchev–Trinajstić information content (AvgIpc) is 3.25. The third-order valence-corrected chi connectivity index (χ3v) is 5.21. The third kappa shape index (κ3) is 5.87. The Bertz CT molecular complexity index is 1440. The van der Waals surface area contributed by atoms with Crippen molar-refractivity contribution in [3.8, 4) is 11.5 Å². The molecule has 0 aliphatic heterocycles. The molecule has 1 heterocycles. The lowest BCUT2D eigenvalue weighted by Crippen LogP contribution is -2.27. The van der Waals surface area contributed by atoms with Crippen molar-refractivity contribution in [1.29, 1.82) is 0 Å². The number of rotatable bonds is 6. The standard InChI is InChI=1S/C26H23ClFN3O5/c1-26(2,3)36-25(34)30-14-4-7-16(8-5-14)35-22-11-6-15(12-18(22)27)29-20-10-9-19(28)23-17(20)13-21(31-23)24(32)33/h4-13,29,31H,1-3H3,(H,30,34)(H,32,33). The first-order chi connectivity index (χ1) is 17.0. The number of amides is 1. The lowest BCUT2D eigenvalue weighted by molar-refractivity contribution is 0.0634. The van der Waals surface area contributed by atoms with Crippen molar-refractivity contribution in [3.63, 3.8) is 0 Å². The Morgan fingerprint density at radius 1 is 1.00 bits per heavy atom. The molecule has 4 rings (SSSR count). The summed E-state index contributed by atoms with van der Waals surface area (Å²) in [6.45, 7) is 5.34. The van der Waals surface area contributed by atoms with Crippen LogP contribution >= 0.6 is 11.6 Å². The highest BCUT2D eigenvalue weighted by atomic mass is 35.5. The van der Waals surface area contributed by atoms with Crippen LogP contribution in [-0.2, 0) is 4.74 Å². The number of carboxylic acids is 1. The van der Waals surface area contributed by atoms with Gasteiger partial charge in [0.25, 0.3) is 0 Å². The number of carboxylic acid groups (broad SMARTS) is 1. The first kappa shape index (κ1) is 24.9. The topological polar surface area (TPSA) is 113 Å². The van der Waals surface area contributed by atoms with Gasteiger partial charge in [-0.1, -0.05) is 11.6 Å². The maximum atomic E-state index is 14.1. The lowest BCUT2D eigenvalue weighted by atomic mass is 10.2. The van der Waals surface area contributed by atoms with Crippen LogP contribution in [0, 0.1) is 5.82 Å². The molecule has 0 bridgehead atoms. The van der Waals surface area contributed by atoms with E-state index in [4.69, 9.17) is 21.1 Å². The quantitative estimate of drug-likeness (QED) is 0.213. The summed E-state index contributed by atoms with van der Waals surface area (Å²) in [5.74, 6) is -0.845. The van der Waals surface area contributed by atoms with Crippen LogP contribution < -0.4 is 15.4 Å². The molecule has 0 fully saturated rings. The molecule has 0 spiro atoms. The molecule has 4 aromatic rings. The van der Waals surface area contributed by atoms with Crippen molar-refractivity contribution in [2.75, 3.05) is 10.6 Å². The first-order valence-electron chi connectivity index (χ1n) is 10.9. The Labute approximate surface area is 211 Å². The highest BCUT2D eigenvalue weighted by Gasteiger charge is 2.17. The zero-order valence-electron chi connectivity index (χ0n) is 19.6. The number of hydrogen-bond acceptors (Lipinski definition) is 5. The Hall–Kier alpha value is -4.24. The molecule has 1 aromatic heterocycles. The van der Waals surface area contributed by atoms with Crippen LogP contribution in [0.15, 0.2) is 60.7 Å². The minimum atomic E-state index is -1.19. The number of ether oxygens (including phenoxy) is 2. The maximum Gasteiger partial charge on any atom is 0.412 e. The normalized spacial score (nSPS) is 11.2. The fraction of sp³-hybridized carbons (Fsp3) is 0.154. The number of aromatic amines is 1. The maximum absolute atomic E-state index is 14.1. The molecule has 0 aliphatic rings. The molecule has 10 heteroatoms. The van der Waals surface area contributed by atoms with E-state index in [1.54, 1.807) is 63.2 Å². The fourth-order valence-electron chi connectivity index (χ4n) is 3.38. The second-order valence-electron chi connectivity index (χ2n) is 8.90. The number of H-pyrrole nitrogens is 1.